The smallest absolute Gasteiger partial charge is 0.433 e. The van der Waals surface area contributed by atoms with Gasteiger partial charge in [0, 0.05) is 5.41 Å². The van der Waals surface area contributed by atoms with Crippen LogP contribution in [-0.4, -0.2) is 25.5 Å². The number of carbonyl (C=O) groups excluding carboxylic acids is 2. The highest BCUT2D eigenvalue weighted by atomic mass is 16.7. The molecule has 0 saturated heterocycles. The molecule has 96 valence electrons. The highest BCUT2D eigenvalue weighted by Gasteiger charge is 2.23. The van der Waals surface area contributed by atoms with Crippen LogP contribution in [0.15, 0.2) is 25.7 Å². The van der Waals surface area contributed by atoms with E-state index in [1.807, 2.05) is 0 Å². The summed E-state index contributed by atoms with van der Waals surface area (Å²) in [6.45, 7) is 9.96. The van der Waals surface area contributed by atoms with Crippen molar-refractivity contribution in [2.24, 2.45) is 5.41 Å². The summed E-state index contributed by atoms with van der Waals surface area (Å²) in [7, 11) is 0. The quantitative estimate of drug-likeness (QED) is 0.528. The van der Waals surface area contributed by atoms with Crippen molar-refractivity contribution >= 4 is 12.3 Å². The van der Waals surface area contributed by atoms with Gasteiger partial charge in [-0.15, -0.1) is 0 Å². The van der Waals surface area contributed by atoms with Gasteiger partial charge in [-0.3, -0.25) is 0 Å². The van der Waals surface area contributed by atoms with Gasteiger partial charge in [0.2, 0.25) is 0 Å². The van der Waals surface area contributed by atoms with Crippen molar-refractivity contribution in [3.8, 4) is 0 Å². The minimum atomic E-state index is -0.859. The van der Waals surface area contributed by atoms with Gasteiger partial charge in [0.05, 0.1) is 12.5 Å². The Kier molecular flexibility index (Phi) is 6.47. The second kappa shape index (κ2) is 7.32. The van der Waals surface area contributed by atoms with E-state index in [-0.39, 0.29) is 13.2 Å². The molecule has 0 atom stereocenters. The van der Waals surface area contributed by atoms with Crippen LogP contribution in [-0.2, 0) is 18.9 Å². The zero-order chi connectivity index (χ0) is 13.3. The average Bonchev–Trinajstić information content (AvgIpc) is 2.25. The van der Waals surface area contributed by atoms with E-state index in [9.17, 15) is 9.59 Å². The maximum absolute atomic E-state index is 10.9. The Labute approximate surface area is 99.8 Å². The molecule has 0 aromatic carbocycles. The zero-order valence-corrected chi connectivity index (χ0v) is 9.93. The second-order valence-corrected chi connectivity index (χ2v) is 3.81. The fraction of sp³-hybridized carbons (Fsp3) is 0.455. The molecule has 6 heteroatoms. The van der Waals surface area contributed by atoms with Gasteiger partial charge in [-0.1, -0.05) is 27.0 Å². The summed E-state index contributed by atoms with van der Waals surface area (Å²) < 4.78 is 18.2. The van der Waals surface area contributed by atoms with Crippen LogP contribution in [0.3, 0.4) is 0 Å². The molecule has 0 heterocycles. The van der Waals surface area contributed by atoms with Gasteiger partial charge in [0.15, 0.2) is 0 Å². The topological polar surface area (TPSA) is 71.1 Å². The highest BCUT2D eigenvalue weighted by molar-refractivity contribution is 5.61. The van der Waals surface area contributed by atoms with E-state index in [0.29, 0.717) is 0 Å². The Bertz CT molecular complexity index is 266. The standard InChI is InChI=1S/C11H16O6/c1-5-14-9(12)16-7-11(3,4)8-17-10(13)15-6-2/h5-6H,1-2,7-8H2,3-4H3. The lowest BCUT2D eigenvalue weighted by atomic mass is 9.96. The normalized spacial score (nSPS) is 10.0. The fourth-order valence-electron chi connectivity index (χ4n) is 0.754. The molecule has 0 bridgehead atoms. The Morgan fingerprint density at radius 2 is 1.35 bits per heavy atom. The predicted octanol–water partition coefficient (Wildman–Crippen LogP) is 2.61. The van der Waals surface area contributed by atoms with Crippen LogP contribution in [0.1, 0.15) is 13.8 Å². The van der Waals surface area contributed by atoms with E-state index in [1.54, 1.807) is 13.8 Å². The Morgan fingerprint density at radius 3 is 1.65 bits per heavy atom. The largest absolute Gasteiger partial charge is 0.513 e. The number of rotatable bonds is 6. The maximum Gasteiger partial charge on any atom is 0.513 e. The number of hydrogen-bond acceptors (Lipinski definition) is 6. The summed E-state index contributed by atoms with van der Waals surface area (Å²) in [5.41, 5.74) is -0.555. The van der Waals surface area contributed by atoms with Crippen LogP contribution in [0.2, 0.25) is 0 Å². The van der Waals surface area contributed by atoms with Crippen molar-refractivity contribution in [2.45, 2.75) is 13.8 Å². The van der Waals surface area contributed by atoms with Crippen molar-refractivity contribution in [1.29, 1.82) is 0 Å². The lowest BCUT2D eigenvalue weighted by Crippen LogP contribution is -2.28. The number of hydrogen-bond donors (Lipinski definition) is 0. The van der Waals surface area contributed by atoms with Crippen molar-refractivity contribution < 1.29 is 28.5 Å². The molecule has 0 aliphatic heterocycles. The summed E-state index contributed by atoms with van der Waals surface area (Å²) >= 11 is 0. The van der Waals surface area contributed by atoms with E-state index in [2.05, 4.69) is 22.6 Å². The van der Waals surface area contributed by atoms with Gasteiger partial charge >= 0.3 is 12.3 Å². The molecule has 0 aromatic heterocycles. The Balaban J connectivity index is 3.94. The molecule has 0 amide bonds. The van der Waals surface area contributed by atoms with Gasteiger partial charge in [-0.25, -0.2) is 9.59 Å². The predicted molar refractivity (Wildman–Crippen MR) is 59.0 cm³/mol. The van der Waals surface area contributed by atoms with Crippen molar-refractivity contribution in [3.05, 3.63) is 25.7 Å². The van der Waals surface area contributed by atoms with Crippen LogP contribution < -0.4 is 0 Å². The lowest BCUT2D eigenvalue weighted by Gasteiger charge is -2.22. The Morgan fingerprint density at radius 1 is 1.00 bits per heavy atom. The molecule has 0 spiro atoms. The summed E-state index contributed by atoms with van der Waals surface area (Å²) in [4.78, 5) is 21.7. The first kappa shape index (κ1) is 15.0. The monoisotopic (exact) mass is 244 g/mol. The van der Waals surface area contributed by atoms with Gasteiger partial charge < -0.3 is 18.9 Å². The fourth-order valence-corrected chi connectivity index (χ4v) is 0.754. The lowest BCUT2D eigenvalue weighted by molar-refractivity contribution is 0.00967. The van der Waals surface area contributed by atoms with E-state index >= 15 is 0 Å². The van der Waals surface area contributed by atoms with Crippen LogP contribution in [0.4, 0.5) is 9.59 Å². The van der Waals surface area contributed by atoms with Crippen LogP contribution in [0.25, 0.3) is 0 Å². The minimum absolute atomic E-state index is 0.0288. The molecule has 17 heavy (non-hydrogen) atoms. The first-order chi connectivity index (χ1) is 7.91. The van der Waals surface area contributed by atoms with Crippen LogP contribution >= 0.6 is 0 Å². The molecule has 0 aliphatic carbocycles. The molecule has 0 saturated carbocycles. The summed E-state index contributed by atoms with van der Waals surface area (Å²) in [5.74, 6) is 0. The zero-order valence-electron chi connectivity index (χ0n) is 9.93. The molecule has 6 nitrogen and oxygen atoms in total. The molecule has 0 aliphatic rings. The third-order valence-electron chi connectivity index (χ3n) is 1.52. The maximum atomic E-state index is 10.9. The number of carbonyl (C=O) groups is 2. The van der Waals surface area contributed by atoms with E-state index < -0.39 is 17.7 Å². The summed E-state index contributed by atoms with van der Waals surface area (Å²) in [5, 5.41) is 0. The summed E-state index contributed by atoms with van der Waals surface area (Å²) in [6, 6.07) is 0. The van der Waals surface area contributed by atoms with Gasteiger partial charge in [0.1, 0.15) is 13.2 Å². The molecule has 0 fully saturated rings. The second-order valence-electron chi connectivity index (χ2n) is 3.81. The van der Waals surface area contributed by atoms with E-state index in [0.717, 1.165) is 12.5 Å². The third-order valence-corrected chi connectivity index (χ3v) is 1.52. The van der Waals surface area contributed by atoms with Crippen molar-refractivity contribution in [3.63, 3.8) is 0 Å². The molecular formula is C11H16O6. The van der Waals surface area contributed by atoms with Crippen LogP contribution in [0, 0.1) is 5.41 Å². The van der Waals surface area contributed by atoms with E-state index in [1.165, 1.54) is 0 Å². The Hall–Kier alpha value is -1.98. The molecule has 0 unspecified atom stereocenters. The molecule has 0 aromatic rings. The first-order valence-corrected chi connectivity index (χ1v) is 4.80. The van der Waals surface area contributed by atoms with E-state index in [4.69, 9.17) is 9.47 Å². The van der Waals surface area contributed by atoms with Gasteiger partial charge in [-0.05, 0) is 0 Å². The van der Waals surface area contributed by atoms with Gasteiger partial charge in [-0.2, -0.15) is 0 Å². The minimum Gasteiger partial charge on any atom is -0.433 e. The number of ether oxygens (including phenoxy) is 4. The van der Waals surface area contributed by atoms with Crippen molar-refractivity contribution in [2.75, 3.05) is 13.2 Å². The third kappa shape index (κ3) is 7.89. The highest BCUT2D eigenvalue weighted by Crippen LogP contribution is 2.16. The molecule has 0 rings (SSSR count). The molecule has 0 N–H and O–H groups in total. The summed E-state index contributed by atoms with van der Waals surface area (Å²) in [6.07, 6.45) is 0.212. The first-order valence-electron chi connectivity index (χ1n) is 4.80. The van der Waals surface area contributed by atoms with Crippen LogP contribution in [0.5, 0.6) is 0 Å². The van der Waals surface area contributed by atoms with Crippen molar-refractivity contribution in [1.82, 2.24) is 0 Å². The molecule has 0 radical (unpaired) electrons. The SMILES string of the molecule is C=COC(=O)OCC(C)(C)COC(=O)OC=C. The van der Waals surface area contributed by atoms with Gasteiger partial charge in [0.25, 0.3) is 0 Å². The molecular weight excluding hydrogens is 228 g/mol. The average molecular weight is 244 g/mol.